The minimum absolute atomic E-state index is 0.171. The number of hydrogen-bond acceptors (Lipinski definition) is 19. The fourth-order valence-electron chi connectivity index (χ4n) is 4.69. The van der Waals surface area contributed by atoms with E-state index in [1.807, 2.05) is 0 Å². The lowest BCUT2D eigenvalue weighted by molar-refractivity contribution is -0.237. The van der Waals surface area contributed by atoms with Crippen molar-refractivity contribution in [1.29, 1.82) is 0 Å². The van der Waals surface area contributed by atoms with Gasteiger partial charge in [-0.3, -0.25) is 33.6 Å². The van der Waals surface area contributed by atoms with Gasteiger partial charge >= 0.3 is 41.8 Å². The third-order valence-electron chi connectivity index (χ3n) is 6.14. The maximum Gasteiger partial charge on any atom is 0.303 e. The van der Waals surface area contributed by atoms with Gasteiger partial charge in [0.2, 0.25) is 0 Å². The average molecular weight is 680 g/mol. The van der Waals surface area contributed by atoms with Crippen LogP contribution in [0.2, 0.25) is 0 Å². The van der Waals surface area contributed by atoms with Crippen molar-refractivity contribution in [3.8, 4) is 0 Å². The molecule has 9 atom stereocenters. The quantitative estimate of drug-likeness (QED) is 0.0765. The predicted octanol–water partition coefficient (Wildman–Crippen LogP) is 0.174. The van der Waals surface area contributed by atoms with Gasteiger partial charge in [0.05, 0.1) is 6.61 Å². The lowest BCUT2D eigenvalue weighted by Gasteiger charge is -2.44. The molecule has 18 nitrogen and oxygen atoms in total. The highest BCUT2D eigenvalue weighted by molar-refractivity contribution is 8.14. The smallest absolute Gasteiger partial charge is 0.303 e. The summed E-state index contributed by atoms with van der Waals surface area (Å²) in [5.41, 5.74) is -1.35. The highest BCUT2D eigenvalue weighted by Gasteiger charge is 2.53. The van der Waals surface area contributed by atoms with Crippen molar-refractivity contribution < 1.29 is 81.4 Å². The van der Waals surface area contributed by atoms with Gasteiger partial charge in [-0.1, -0.05) is 16.9 Å². The van der Waals surface area contributed by atoms with Crippen LogP contribution in [0.25, 0.3) is 0 Å². The lowest BCUT2D eigenvalue weighted by atomic mass is 9.97. The Balaban J connectivity index is 2.47. The molecule has 46 heavy (non-hydrogen) atoms. The molecule has 0 aromatic carbocycles. The number of rotatable bonds is 11. The molecule has 2 aliphatic rings. The van der Waals surface area contributed by atoms with Crippen molar-refractivity contribution in [2.45, 2.75) is 109 Å². The van der Waals surface area contributed by atoms with Gasteiger partial charge in [0.25, 0.3) is 0 Å². The summed E-state index contributed by atoms with van der Waals surface area (Å²) < 4.78 is 48.9. The highest BCUT2D eigenvalue weighted by atomic mass is 32.2. The van der Waals surface area contributed by atoms with E-state index in [9.17, 15) is 38.8 Å². The molecule has 0 saturated carbocycles. The summed E-state index contributed by atoms with van der Waals surface area (Å²) in [4.78, 5) is 83.4. The van der Waals surface area contributed by atoms with E-state index in [4.69, 9.17) is 42.6 Å². The number of nitrogens with zero attached hydrogens (tertiary/aromatic N) is 1. The van der Waals surface area contributed by atoms with Gasteiger partial charge in [-0.05, 0) is 0 Å². The van der Waals surface area contributed by atoms with E-state index in [0.717, 1.165) is 48.5 Å². The van der Waals surface area contributed by atoms with Crippen LogP contribution >= 0.6 is 11.8 Å². The topological polar surface area (TPSA) is 235 Å². The number of hydrogen-bond donors (Lipinski definition) is 1. The Hall–Kier alpha value is -3.97. The van der Waals surface area contributed by atoms with Crippen LogP contribution in [-0.2, 0) is 76.2 Å². The first-order valence-electron chi connectivity index (χ1n) is 13.8. The van der Waals surface area contributed by atoms with Crippen LogP contribution in [0.4, 0.5) is 0 Å². The Labute approximate surface area is 267 Å². The summed E-state index contributed by atoms with van der Waals surface area (Å²) in [5, 5.41) is 13.1. The predicted molar refractivity (Wildman–Crippen MR) is 150 cm³/mol. The van der Waals surface area contributed by atoms with E-state index in [0.29, 0.717) is 11.8 Å². The Bertz CT molecular complexity index is 1190. The molecule has 0 bridgehead atoms. The van der Waals surface area contributed by atoms with Crippen LogP contribution in [0.5, 0.6) is 0 Å². The zero-order valence-corrected chi connectivity index (χ0v) is 27.0. The molecular weight excluding hydrogens is 642 g/mol. The van der Waals surface area contributed by atoms with E-state index in [1.54, 1.807) is 0 Å². The van der Waals surface area contributed by atoms with Crippen molar-refractivity contribution >= 4 is 58.6 Å². The maximum absolute atomic E-state index is 12.1. The molecule has 1 N–H and O–H groups in total. The summed E-state index contributed by atoms with van der Waals surface area (Å²) in [6.07, 6.45) is -10.9. The molecule has 0 aromatic heterocycles. The summed E-state index contributed by atoms with van der Waals surface area (Å²) in [5.74, 6) is -5.50. The Kier molecular flexibility index (Phi) is 14.7. The van der Waals surface area contributed by atoms with Crippen molar-refractivity contribution in [3.05, 3.63) is 0 Å². The van der Waals surface area contributed by atoms with Crippen LogP contribution in [0, 0.1) is 0 Å². The molecule has 19 heteroatoms. The maximum atomic E-state index is 12.1. The second-order valence-electron chi connectivity index (χ2n) is 10.1. The van der Waals surface area contributed by atoms with Gasteiger partial charge < -0.3 is 47.8 Å². The summed E-state index contributed by atoms with van der Waals surface area (Å²) in [7, 11) is 0. The zero-order chi connectivity index (χ0) is 34.7. The van der Waals surface area contributed by atoms with Crippen molar-refractivity contribution in [2.24, 2.45) is 5.16 Å². The van der Waals surface area contributed by atoms with Crippen LogP contribution in [-0.4, -0.2) is 120 Å². The van der Waals surface area contributed by atoms with Gasteiger partial charge in [-0.2, -0.15) is 0 Å². The first-order valence-corrected chi connectivity index (χ1v) is 14.7. The summed E-state index contributed by atoms with van der Waals surface area (Å²) >= 11 is 0.661. The third-order valence-corrected chi connectivity index (χ3v) is 7.27. The van der Waals surface area contributed by atoms with Gasteiger partial charge in [-0.25, -0.2) is 0 Å². The standard InChI is InChI=1S/C27H37NO17S/c1-11(29)37-9-20-24(42-15(5)33)25(43-16(6)34)26(44-17(7)35)27(45-20)46-21(28-36)8-18-22(40-13(3)31)23(41-14(4)32)19(10-38-18)39-12(2)30/h18-20,22-27,36H,8-10H2,1-7H3/b28-21-/t18-,19-,20-,22+,23+,24-,25+,26-,27+/m1/s1. The van der Waals surface area contributed by atoms with Crippen LogP contribution in [0.15, 0.2) is 5.16 Å². The lowest BCUT2D eigenvalue weighted by Crippen LogP contribution is -2.61. The number of carbonyl (C=O) groups is 7. The normalized spacial score (nSPS) is 29.4. The fourth-order valence-corrected chi connectivity index (χ4v) is 5.81. The summed E-state index contributed by atoms with van der Waals surface area (Å²) in [6.45, 7) is 6.84. The third kappa shape index (κ3) is 11.8. The Morgan fingerprint density at radius 1 is 0.630 bits per heavy atom. The van der Waals surface area contributed by atoms with E-state index >= 15 is 0 Å². The minimum atomic E-state index is -1.48. The second-order valence-corrected chi connectivity index (χ2v) is 11.2. The molecule has 0 spiro atoms. The first kappa shape index (κ1) is 38.2. The van der Waals surface area contributed by atoms with Gasteiger partial charge in [0, 0.05) is 54.9 Å². The molecule has 2 heterocycles. The Morgan fingerprint density at radius 3 is 1.57 bits per heavy atom. The SMILES string of the molecule is CC(=O)OC[C@H]1O[C@@H](S/C(C[C@H]2OC[C@@H](OC(C)=O)[C@H](OC(C)=O)[C@H]2OC(C)=O)=N\O)[C@H](OC(C)=O)[C@@H](OC(C)=O)[C@@H]1OC(C)=O. The number of oxime groups is 1. The number of esters is 7. The molecule has 0 radical (unpaired) electrons. The van der Waals surface area contributed by atoms with Gasteiger partial charge in [-0.15, -0.1) is 0 Å². The molecular formula is C27H37NO17S. The van der Waals surface area contributed by atoms with Crippen LogP contribution < -0.4 is 0 Å². The summed E-state index contributed by atoms with van der Waals surface area (Å²) in [6, 6.07) is 0. The van der Waals surface area contributed by atoms with E-state index in [2.05, 4.69) is 5.16 Å². The Morgan fingerprint density at radius 2 is 1.09 bits per heavy atom. The molecule has 258 valence electrons. The largest absolute Gasteiger partial charge is 0.463 e. The monoisotopic (exact) mass is 679 g/mol. The van der Waals surface area contributed by atoms with Crippen LogP contribution in [0.3, 0.4) is 0 Å². The number of ether oxygens (including phenoxy) is 9. The molecule has 2 aliphatic heterocycles. The molecule has 0 unspecified atom stereocenters. The van der Waals surface area contributed by atoms with Crippen molar-refractivity contribution in [3.63, 3.8) is 0 Å². The molecule has 2 rings (SSSR count). The second kappa shape index (κ2) is 17.7. The van der Waals surface area contributed by atoms with Crippen molar-refractivity contribution in [1.82, 2.24) is 0 Å². The van der Waals surface area contributed by atoms with E-state index in [1.165, 1.54) is 0 Å². The van der Waals surface area contributed by atoms with Crippen LogP contribution in [0.1, 0.15) is 54.9 Å². The highest BCUT2D eigenvalue weighted by Crippen LogP contribution is 2.37. The van der Waals surface area contributed by atoms with Gasteiger partial charge in [0.15, 0.2) is 36.6 Å². The van der Waals surface area contributed by atoms with E-state index in [-0.39, 0.29) is 18.1 Å². The fraction of sp³-hybridized carbons (Fsp3) is 0.704. The first-order chi connectivity index (χ1) is 21.5. The number of carbonyl (C=O) groups excluding carboxylic acids is 7. The molecule has 0 aromatic rings. The molecule has 0 amide bonds. The molecule has 2 fully saturated rings. The van der Waals surface area contributed by atoms with Gasteiger partial charge in [0.1, 0.15) is 29.3 Å². The number of thioether (sulfide) groups is 1. The van der Waals surface area contributed by atoms with Crippen molar-refractivity contribution in [2.75, 3.05) is 13.2 Å². The molecule has 0 aliphatic carbocycles. The average Bonchev–Trinajstić information content (AvgIpc) is 2.91. The zero-order valence-electron chi connectivity index (χ0n) is 26.2. The molecule has 2 saturated heterocycles. The minimum Gasteiger partial charge on any atom is -0.463 e. The van der Waals surface area contributed by atoms with E-state index < -0.39 is 103 Å².